The average molecular weight is 284 g/mol. The van der Waals surface area contributed by atoms with Crippen LogP contribution in [0.3, 0.4) is 0 Å². The van der Waals surface area contributed by atoms with Crippen molar-refractivity contribution in [2.45, 2.75) is 46.1 Å². The van der Waals surface area contributed by atoms with Crippen LogP contribution < -0.4 is 5.32 Å². The van der Waals surface area contributed by atoms with Crippen LogP contribution in [0.4, 0.5) is 0 Å². The average Bonchev–Trinajstić information content (AvgIpc) is 2.43. The van der Waals surface area contributed by atoms with Crippen molar-refractivity contribution in [3.63, 3.8) is 0 Å². The third-order valence-corrected chi connectivity index (χ3v) is 4.09. The van der Waals surface area contributed by atoms with Crippen LogP contribution in [0.2, 0.25) is 0 Å². The first-order valence-electron chi connectivity index (χ1n) is 7.15. The summed E-state index contributed by atoms with van der Waals surface area (Å²) < 4.78 is 0. The lowest BCUT2D eigenvalue weighted by Gasteiger charge is -2.31. The van der Waals surface area contributed by atoms with E-state index in [1.807, 2.05) is 13.8 Å². The fraction of sp³-hybridized carbons (Fsp3) is 0.786. The number of hydrogen-bond donors (Lipinski definition) is 2. The van der Waals surface area contributed by atoms with Gasteiger partial charge < -0.3 is 15.3 Å². The van der Waals surface area contributed by atoms with E-state index >= 15 is 0 Å². The lowest BCUT2D eigenvalue weighted by atomic mass is 9.93. The summed E-state index contributed by atoms with van der Waals surface area (Å²) in [5, 5.41) is 11.8. The lowest BCUT2D eigenvalue weighted by molar-refractivity contribution is -0.144. The highest BCUT2D eigenvalue weighted by Crippen LogP contribution is 2.18. The molecule has 0 unspecified atom stereocenters. The summed E-state index contributed by atoms with van der Waals surface area (Å²) in [5.74, 6) is -1.48. The first-order chi connectivity index (χ1) is 9.36. The second-order valence-electron chi connectivity index (χ2n) is 5.49. The number of amides is 2. The molecule has 2 atom stereocenters. The number of likely N-dealkylation sites (tertiary alicyclic amines) is 1. The van der Waals surface area contributed by atoms with Crippen LogP contribution >= 0.6 is 0 Å². The molecule has 1 saturated heterocycles. The van der Waals surface area contributed by atoms with Gasteiger partial charge in [0.2, 0.25) is 11.8 Å². The van der Waals surface area contributed by atoms with Crippen molar-refractivity contribution < 1.29 is 19.5 Å². The van der Waals surface area contributed by atoms with E-state index in [0.717, 1.165) is 0 Å². The minimum atomic E-state index is -0.992. The minimum Gasteiger partial charge on any atom is -0.480 e. The van der Waals surface area contributed by atoms with Crippen LogP contribution in [-0.4, -0.2) is 46.9 Å². The predicted octanol–water partition coefficient (Wildman–Crippen LogP) is 0.860. The summed E-state index contributed by atoms with van der Waals surface area (Å²) >= 11 is 0. The fourth-order valence-electron chi connectivity index (χ4n) is 2.41. The normalized spacial score (nSPS) is 19.2. The van der Waals surface area contributed by atoms with Gasteiger partial charge in [-0.3, -0.25) is 9.59 Å². The summed E-state index contributed by atoms with van der Waals surface area (Å²) in [6.45, 7) is 6.36. The van der Waals surface area contributed by atoms with Gasteiger partial charge in [-0.05, 0) is 18.8 Å². The quantitative estimate of drug-likeness (QED) is 0.784. The van der Waals surface area contributed by atoms with Gasteiger partial charge in [-0.1, -0.05) is 20.3 Å². The molecule has 0 aromatic rings. The van der Waals surface area contributed by atoms with E-state index in [1.54, 1.807) is 4.90 Å². The van der Waals surface area contributed by atoms with Gasteiger partial charge in [-0.2, -0.15) is 0 Å². The Kier molecular flexibility index (Phi) is 5.98. The highest BCUT2D eigenvalue weighted by atomic mass is 16.4. The third-order valence-electron chi connectivity index (χ3n) is 4.09. The van der Waals surface area contributed by atoms with E-state index in [1.165, 1.54) is 6.92 Å². The summed E-state index contributed by atoms with van der Waals surface area (Å²) in [6, 6.07) is -0.835. The molecule has 0 radical (unpaired) electrons. The Balaban J connectivity index is 2.54. The van der Waals surface area contributed by atoms with Crippen molar-refractivity contribution in [2.75, 3.05) is 13.1 Å². The van der Waals surface area contributed by atoms with E-state index < -0.39 is 12.0 Å². The number of hydrogen-bond acceptors (Lipinski definition) is 3. The Morgan fingerprint density at radius 2 is 1.85 bits per heavy atom. The van der Waals surface area contributed by atoms with E-state index in [9.17, 15) is 14.4 Å². The molecule has 1 heterocycles. The smallest absolute Gasteiger partial charge is 0.326 e. The Labute approximate surface area is 119 Å². The molecule has 0 aromatic carbocycles. The summed E-state index contributed by atoms with van der Waals surface area (Å²) in [7, 11) is 0. The Bertz CT molecular complexity index is 375. The number of rotatable bonds is 5. The van der Waals surface area contributed by atoms with E-state index in [-0.39, 0.29) is 23.7 Å². The van der Waals surface area contributed by atoms with Crippen molar-refractivity contribution in [1.29, 1.82) is 0 Å². The monoisotopic (exact) mass is 284 g/mol. The standard InChI is InChI=1S/C14H24N2O4/c1-4-9(2)12(14(19)20)15-13(18)11-5-7-16(8-6-11)10(3)17/h9,11-12H,4-8H2,1-3H3,(H,15,18)(H,19,20)/t9-,12-/m0/s1. The Morgan fingerprint density at radius 3 is 2.25 bits per heavy atom. The van der Waals surface area contributed by atoms with Crippen molar-refractivity contribution in [3.8, 4) is 0 Å². The van der Waals surface area contributed by atoms with Crippen molar-refractivity contribution in [2.24, 2.45) is 11.8 Å². The number of nitrogens with one attached hydrogen (secondary N) is 1. The van der Waals surface area contributed by atoms with Crippen molar-refractivity contribution in [3.05, 3.63) is 0 Å². The Hall–Kier alpha value is -1.59. The molecular weight excluding hydrogens is 260 g/mol. The maximum atomic E-state index is 12.1. The SMILES string of the molecule is CC[C@H](C)[C@H](NC(=O)C1CCN(C(C)=O)CC1)C(=O)O. The van der Waals surface area contributed by atoms with E-state index in [2.05, 4.69) is 5.32 Å². The number of aliphatic carboxylic acids is 1. The zero-order valence-electron chi connectivity index (χ0n) is 12.4. The van der Waals surface area contributed by atoms with Crippen molar-refractivity contribution >= 4 is 17.8 Å². The summed E-state index contributed by atoms with van der Waals surface area (Å²) in [4.78, 5) is 36.3. The van der Waals surface area contributed by atoms with Crippen LogP contribution in [0.5, 0.6) is 0 Å². The van der Waals surface area contributed by atoms with Gasteiger partial charge in [-0.15, -0.1) is 0 Å². The highest BCUT2D eigenvalue weighted by molar-refractivity contribution is 5.85. The molecule has 2 amide bonds. The van der Waals surface area contributed by atoms with Gasteiger partial charge in [0, 0.05) is 25.9 Å². The van der Waals surface area contributed by atoms with Crippen LogP contribution in [0.25, 0.3) is 0 Å². The molecular formula is C14H24N2O4. The Morgan fingerprint density at radius 1 is 1.30 bits per heavy atom. The molecule has 0 saturated carbocycles. The van der Waals surface area contributed by atoms with Crippen LogP contribution in [0.1, 0.15) is 40.0 Å². The van der Waals surface area contributed by atoms with Gasteiger partial charge in [-0.25, -0.2) is 4.79 Å². The number of carbonyl (C=O) groups excluding carboxylic acids is 2. The highest BCUT2D eigenvalue weighted by Gasteiger charge is 2.31. The van der Waals surface area contributed by atoms with Gasteiger partial charge in [0.15, 0.2) is 0 Å². The first-order valence-corrected chi connectivity index (χ1v) is 7.15. The van der Waals surface area contributed by atoms with Crippen LogP contribution in [0.15, 0.2) is 0 Å². The molecule has 1 rings (SSSR count). The van der Waals surface area contributed by atoms with E-state index in [0.29, 0.717) is 32.4 Å². The first kappa shape index (κ1) is 16.5. The zero-order chi connectivity index (χ0) is 15.3. The van der Waals surface area contributed by atoms with E-state index in [4.69, 9.17) is 5.11 Å². The summed E-state index contributed by atoms with van der Waals surface area (Å²) in [6.07, 6.45) is 1.89. The van der Waals surface area contributed by atoms with Gasteiger partial charge >= 0.3 is 5.97 Å². The molecule has 2 N–H and O–H groups in total. The number of carbonyl (C=O) groups is 3. The molecule has 0 aromatic heterocycles. The lowest BCUT2D eigenvalue weighted by Crippen LogP contribution is -2.49. The molecule has 6 heteroatoms. The number of piperidine rings is 1. The molecule has 20 heavy (non-hydrogen) atoms. The number of carboxylic acid groups (broad SMARTS) is 1. The second-order valence-corrected chi connectivity index (χ2v) is 5.49. The molecule has 0 aliphatic carbocycles. The minimum absolute atomic E-state index is 0.0203. The maximum Gasteiger partial charge on any atom is 0.326 e. The van der Waals surface area contributed by atoms with Crippen molar-refractivity contribution in [1.82, 2.24) is 10.2 Å². The molecule has 0 spiro atoms. The van der Waals surface area contributed by atoms with Gasteiger partial charge in [0.05, 0.1) is 0 Å². The third kappa shape index (κ3) is 4.21. The molecule has 1 aliphatic heterocycles. The number of nitrogens with zero attached hydrogens (tertiary/aromatic N) is 1. The molecule has 114 valence electrons. The van der Waals surface area contributed by atoms with Crippen LogP contribution in [-0.2, 0) is 14.4 Å². The second kappa shape index (κ2) is 7.26. The number of carboxylic acids is 1. The predicted molar refractivity (Wildman–Crippen MR) is 74.0 cm³/mol. The molecule has 1 aliphatic rings. The molecule has 1 fully saturated rings. The maximum absolute atomic E-state index is 12.1. The fourth-order valence-corrected chi connectivity index (χ4v) is 2.41. The van der Waals surface area contributed by atoms with Gasteiger partial charge in [0.25, 0.3) is 0 Å². The zero-order valence-corrected chi connectivity index (χ0v) is 12.4. The molecule has 0 bridgehead atoms. The van der Waals surface area contributed by atoms with Gasteiger partial charge in [0.1, 0.15) is 6.04 Å². The largest absolute Gasteiger partial charge is 0.480 e. The van der Waals surface area contributed by atoms with Crippen LogP contribution in [0, 0.1) is 11.8 Å². The topological polar surface area (TPSA) is 86.7 Å². The molecule has 6 nitrogen and oxygen atoms in total. The summed E-state index contributed by atoms with van der Waals surface area (Å²) in [5.41, 5.74) is 0.